The van der Waals surface area contributed by atoms with Crippen LogP contribution in [0.1, 0.15) is 10.4 Å². The van der Waals surface area contributed by atoms with Crippen LogP contribution >= 0.6 is 11.6 Å². The first-order valence-electron chi connectivity index (χ1n) is 7.43. The van der Waals surface area contributed by atoms with Crippen molar-refractivity contribution in [2.45, 2.75) is 0 Å². The standard InChI is InChI=1S/C17H13ClN6O/c18-11-6-7-12-10(8-21-22-12)15(11)24-16(19)13(17(20)25)14(23-24)9-4-2-1-3-5-9/h1-8H,19H2,(H2,20,25)(H,21,22). The zero-order valence-corrected chi connectivity index (χ0v) is 13.7. The summed E-state index contributed by atoms with van der Waals surface area (Å²) in [6.45, 7) is 0. The van der Waals surface area contributed by atoms with Crippen LogP contribution in [0.2, 0.25) is 5.02 Å². The second-order valence-electron chi connectivity index (χ2n) is 5.48. The van der Waals surface area contributed by atoms with Crippen LogP contribution < -0.4 is 11.5 Å². The molecule has 2 aromatic carbocycles. The van der Waals surface area contributed by atoms with Crippen LogP contribution in [-0.4, -0.2) is 25.9 Å². The van der Waals surface area contributed by atoms with Gasteiger partial charge in [-0.15, -0.1) is 0 Å². The summed E-state index contributed by atoms with van der Waals surface area (Å²) in [7, 11) is 0. The Labute approximate surface area is 147 Å². The summed E-state index contributed by atoms with van der Waals surface area (Å²) in [5.41, 5.74) is 14.4. The molecule has 0 aliphatic rings. The van der Waals surface area contributed by atoms with Gasteiger partial charge in [-0.25, -0.2) is 4.68 Å². The van der Waals surface area contributed by atoms with E-state index in [0.29, 0.717) is 16.4 Å². The van der Waals surface area contributed by atoms with Crippen molar-refractivity contribution in [1.29, 1.82) is 0 Å². The number of benzene rings is 2. The summed E-state index contributed by atoms with van der Waals surface area (Å²) in [5, 5.41) is 12.6. The number of halogens is 1. The molecule has 1 amide bonds. The van der Waals surface area contributed by atoms with Crippen molar-refractivity contribution < 1.29 is 4.79 Å². The second kappa shape index (κ2) is 5.64. The van der Waals surface area contributed by atoms with Gasteiger partial charge in [0.15, 0.2) is 0 Å². The Morgan fingerprint density at radius 2 is 1.92 bits per heavy atom. The average Bonchev–Trinajstić information content (AvgIpc) is 3.20. The fourth-order valence-corrected chi connectivity index (χ4v) is 3.08. The van der Waals surface area contributed by atoms with Crippen LogP contribution in [0.5, 0.6) is 0 Å². The third-order valence-corrected chi connectivity index (χ3v) is 4.28. The second-order valence-corrected chi connectivity index (χ2v) is 5.89. The number of nitrogen functional groups attached to an aromatic ring is 1. The molecular weight excluding hydrogens is 340 g/mol. The first-order valence-corrected chi connectivity index (χ1v) is 7.81. The number of anilines is 1. The summed E-state index contributed by atoms with van der Waals surface area (Å²) >= 11 is 6.38. The van der Waals surface area contributed by atoms with Crippen molar-refractivity contribution in [1.82, 2.24) is 20.0 Å². The number of nitrogens with zero attached hydrogens (tertiary/aromatic N) is 3. The predicted octanol–water partition coefficient (Wildman–Crippen LogP) is 2.75. The topological polar surface area (TPSA) is 116 Å². The maximum Gasteiger partial charge on any atom is 0.254 e. The van der Waals surface area contributed by atoms with Crippen molar-refractivity contribution >= 4 is 34.2 Å². The first kappa shape index (κ1) is 15.2. The number of aromatic nitrogens is 4. The quantitative estimate of drug-likeness (QED) is 0.525. The number of nitrogens with two attached hydrogens (primary N) is 2. The van der Waals surface area contributed by atoms with Gasteiger partial charge < -0.3 is 11.5 Å². The van der Waals surface area contributed by atoms with E-state index in [1.54, 1.807) is 18.3 Å². The lowest BCUT2D eigenvalue weighted by Gasteiger charge is -2.08. The Hall–Kier alpha value is -3.32. The Balaban J connectivity index is 2.05. The summed E-state index contributed by atoms with van der Waals surface area (Å²) < 4.78 is 1.43. The van der Waals surface area contributed by atoms with E-state index in [0.717, 1.165) is 16.5 Å². The highest BCUT2D eigenvalue weighted by atomic mass is 35.5. The highest BCUT2D eigenvalue weighted by molar-refractivity contribution is 6.33. The molecule has 25 heavy (non-hydrogen) atoms. The van der Waals surface area contributed by atoms with E-state index < -0.39 is 5.91 Å². The zero-order valence-electron chi connectivity index (χ0n) is 12.9. The molecule has 0 unspecified atom stereocenters. The monoisotopic (exact) mass is 352 g/mol. The molecule has 0 saturated heterocycles. The fraction of sp³-hybridized carbons (Fsp3) is 0. The Bertz CT molecular complexity index is 1100. The highest BCUT2D eigenvalue weighted by Gasteiger charge is 2.24. The predicted molar refractivity (Wildman–Crippen MR) is 96.6 cm³/mol. The number of nitrogens with one attached hydrogen (secondary N) is 1. The van der Waals surface area contributed by atoms with Crippen molar-refractivity contribution in [3.63, 3.8) is 0 Å². The lowest BCUT2D eigenvalue weighted by atomic mass is 10.1. The molecular formula is C17H13ClN6O. The molecule has 0 saturated carbocycles. The number of hydrogen-bond donors (Lipinski definition) is 3. The molecule has 2 heterocycles. The molecule has 7 nitrogen and oxygen atoms in total. The van der Waals surface area contributed by atoms with Gasteiger partial charge in [-0.2, -0.15) is 10.2 Å². The van der Waals surface area contributed by atoms with Crippen molar-refractivity contribution in [2.75, 3.05) is 5.73 Å². The van der Waals surface area contributed by atoms with E-state index in [2.05, 4.69) is 15.3 Å². The average molecular weight is 353 g/mol. The van der Waals surface area contributed by atoms with E-state index in [1.807, 2.05) is 30.3 Å². The molecule has 0 fully saturated rings. The minimum Gasteiger partial charge on any atom is -0.383 e. The maximum atomic E-state index is 12.0. The molecule has 0 radical (unpaired) electrons. The number of hydrogen-bond acceptors (Lipinski definition) is 4. The number of aromatic amines is 1. The maximum absolute atomic E-state index is 12.0. The van der Waals surface area contributed by atoms with Gasteiger partial charge in [-0.1, -0.05) is 41.9 Å². The zero-order chi connectivity index (χ0) is 17.6. The number of amides is 1. The Kier molecular flexibility index (Phi) is 3.43. The number of H-pyrrole nitrogens is 1. The largest absolute Gasteiger partial charge is 0.383 e. The van der Waals surface area contributed by atoms with Crippen molar-refractivity contribution in [3.8, 4) is 16.9 Å². The number of fused-ring (bicyclic) bond motifs is 1. The van der Waals surface area contributed by atoms with Crippen LogP contribution in [0, 0.1) is 0 Å². The van der Waals surface area contributed by atoms with E-state index in [4.69, 9.17) is 23.1 Å². The fourth-order valence-electron chi connectivity index (χ4n) is 2.83. The number of rotatable bonds is 3. The van der Waals surface area contributed by atoms with Crippen LogP contribution in [-0.2, 0) is 0 Å². The number of primary amides is 1. The van der Waals surface area contributed by atoms with Crippen LogP contribution in [0.15, 0.2) is 48.7 Å². The molecule has 0 aliphatic heterocycles. The summed E-state index contributed by atoms with van der Waals surface area (Å²) in [4.78, 5) is 12.0. The van der Waals surface area contributed by atoms with E-state index in [9.17, 15) is 4.79 Å². The van der Waals surface area contributed by atoms with Crippen LogP contribution in [0.4, 0.5) is 5.82 Å². The summed E-state index contributed by atoms with van der Waals surface area (Å²) in [5.74, 6) is -0.528. The first-order chi connectivity index (χ1) is 12.1. The van der Waals surface area contributed by atoms with Gasteiger partial charge in [-0.3, -0.25) is 9.89 Å². The van der Waals surface area contributed by atoms with E-state index in [1.165, 1.54) is 4.68 Å². The smallest absolute Gasteiger partial charge is 0.254 e. The molecule has 124 valence electrons. The molecule has 8 heteroatoms. The lowest BCUT2D eigenvalue weighted by Crippen LogP contribution is -2.14. The van der Waals surface area contributed by atoms with Crippen LogP contribution in [0.25, 0.3) is 27.8 Å². The van der Waals surface area contributed by atoms with E-state index >= 15 is 0 Å². The van der Waals surface area contributed by atoms with Gasteiger partial charge in [0.1, 0.15) is 17.1 Å². The van der Waals surface area contributed by atoms with E-state index in [-0.39, 0.29) is 11.4 Å². The van der Waals surface area contributed by atoms with Gasteiger partial charge in [0.05, 0.1) is 22.4 Å². The highest BCUT2D eigenvalue weighted by Crippen LogP contribution is 2.34. The number of carbonyl (C=O) groups excluding carboxylic acids is 1. The third-order valence-electron chi connectivity index (χ3n) is 3.97. The van der Waals surface area contributed by atoms with Gasteiger partial charge in [0.25, 0.3) is 5.91 Å². The number of carbonyl (C=O) groups is 1. The van der Waals surface area contributed by atoms with Gasteiger partial charge in [-0.05, 0) is 12.1 Å². The molecule has 0 aliphatic carbocycles. The van der Waals surface area contributed by atoms with Crippen LogP contribution in [0.3, 0.4) is 0 Å². The third kappa shape index (κ3) is 2.33. The van der Waals surface area contributed by atoms with Crippen molar-refractivity contribution in [3.05, 3.63) is 59.2 Å². The normalized spacial score (nSPS) is 11.1. The molecule has 2 aromatic heterocycles. The van der Waals surface area contributed by atoms with Gasteiger partial charge >= 0.3 is 0 Å². The molecule has 0 atom stereocenters. The minimum atomic E-state index is -0.655. The molecule has 4 rings (SSSR count). The molecule has 0 bridgehead atoms. The Morgan fingerprint density at radius 3 is 2.64 bits per heavy atom. The van der Waals surface area contributed by atoms with Gasteiger partial charge in [0, 0.05) is 10.9 Å². The minimum absolute atomic E-state index is 0.127. The Morgan fingerprint density at radius 1 is 1.16 bits per heavy atom. The van der Waals surface area contributed by atoms with Gasteiger partial charge in [0.2, 0.25) is 0 Å². The SMILES string of the molecule is NC(=O)c1c(-c2ccccc2)nn(-c2c(Cl)ccc3[nH]ncc23)c1N. The van der Waals surface area contributed by atoms with Crippen molar-refractivity contribution in [2.24, 2.45) is 5.73 Å². The molecule has 4 aromatic rings. The molecule has 0 spiro atoms. The summed E-state index contributed by atoms with van der Waals surface area (Å²) in [6, 6.07) is 12.7. The lowest BCUT2D eigenvalue weighted by molar-refractivity contribution is 0.100. The molecule has 5 N–H and O–H groups in total. The summed E-state index contributed by atoms with van der Waals surface area (Å²) in [6.07, 6.45) is 1.63.